The minimum absolute atomic E-state index is 0.0805. The number of aromatic nitrogens is 1. The normalized spacial score (nSPS) is 15.5. The van der Waals surface area contributed by atoms with Gasteiger partial charge in [-0.15, -0.1) is 0 Å². The number of anilines is 1. The van der Waals surface area contributed by atoms with Gasteiger partial charge in [0.05, 0.1) is 12.3 Å². The number of urea groups is 1. The van der Waals surface area contributed by atoms with Gasteiger partial charge in [-0.25, -0.2) is 4.79 Å². The zero-order valence-electron chi connectivity index (χ0n) is 18.1. The topological polar surface area (TPSA) is 85.7 Å². The van der Waals surface area contributed by atoms with E-state index in [-0.39, 0.29) is 18.1 Å². The molecule has 3 rings (SSSR count). The van der Waals surface area contributed by atoms with Crippen molar-refractivity contribution in [3.05, 3.63) is 65.0 Å². The predicted molar refractivity (Wildman–Crippen MR) is 119 cm³/mol. The lowest BCUT2D eigenvalue weighted by atomic mass is 9.87. The van der Waals surface area contributed by atoms with E-state index in [0.717, 1.165) is 22.5 Å². The molecule has 6 heteroatoms. The Bertz CT molecular complexity index is 930. The molecule has 1 atom stereocenters. The summed E-state index contributed by atoms with van der Waals surface area (Å²) in [6, 6.07) is 9.73. The van der Waals surface area contributed by atoms with Gasteiger partial charge in [-0.05, 0) is 53.7 Å². The number of pyridine rings is 1. The Balaban J connectivity index is 1.63. The first kappa shape index (κ1) is 22.0. The van der Waals surface area contributed by atoms with Gasteiger partial charge in [-0.3, -0.25) is 4.98 Å². The van der Waals surface area contributed by atoms with Crippen LogP contribution in [-0.2, 0) is 5.41 Å². The maximum atomic E-state index is 12.6. The standard InChI is InChI=1S/C24H31N3O3/c1-16-13-18(21(29)15-28)14-25-22(16)17-9-11-27(12-10-17)23(30)26-20-7-5-19(6-8-20)24(2,3)4/h5-9,13-14,21,28-29H,10-12,15H2,1-4H3,(H,26,30)/t21-/m1/s1. The van der Waals surface area contributed by atoms with Crippen LogP contribution < -0.4 is 5.32 Å². The number of aliphatic hydroxyl groups excluding tert-OH is 2. The van der Waals surface area contributed by atoms with E-state index in [1.807, 2.05) is 31.2 Å². The number of aryl methyl sites for hydroxylation is 1. The van der Waals surface area contributed by atoms with Crippen LogP contribution in [-0.4, -0.2) is 45.8 Å². The van der Waals surface area contributed by atoms with Crippen LogP contribution in [0.25, 0.3) is 5.57 Å². The summed E-state index contributed by atoms with van der Waals surface area (Å²) in [6.07, 6.45) is 3.43. The lowest BCUT2D eigenvalue weighted by Gasteiger charge is -2.27. The monoisotopic (exact) mass is 409 g/mol. The second-order valence-corrected chi connectivity index (χ2v) is 8.82. The maximum Gasteiger partial charge on any atom is 0.322 e. The highest BCUT2D eigenvalue weighted by Gasteiger charge is 2.20. The zero-order chi connectivity index (χ0) is 21.9. The van der Waals surface area contributed by atoms with Crippen molar-refractivity contribution in [1.82, 2.24) is 9.88 Å². The van der Waals surface area contributed by atoms with Gasteiger partial charge < -0.3 is 20.4 Å². The molecule has 0 spiro atoms. The van der Waals surface area contributed by atoms with Gasteiger partial charge >= 0.3 is 6.03 Å². The number of rotatable bonds is 4. The molecule has 0 fully saturated rings. The van der Waals surface area contributed by atoms with Gasteiger partial charge in [-0.1, -0.05) is 39.0 Å². The molecule has 2 amide bonds. The van der Waals surface area contributed by atoms with Crippen LogP contribution in [0.4, 0.5) is 10.5 Å². The molecule has 0 saturated carbocycles. The molecular formula is C24H31N3O3. The molecule has 1 aliphatic heterocycles. The Labute approximate surface area is 178 Å². The Morgan fingerprint density at radius 2 is 1.97 bits per heavy atom. The van der Waals surface area contributed by atoms with Crippen molar-refractivity contribution < 1.29 is 15.0 Å². The van der Waals surface area contributed by atoms with Gasteiger partial charge in [0, 0.05) is 30.5 Å². The molecule has 0 saturated heterocycles. The molecule has 2 heterocycles. The minimum Gasteiger partial charge on any atom is -0.393 e. The Hall–Kier alpha value is -2.70. The van der Waals surface area contributed by atoms with Gasteiger partial charge in [0.25, 0.3) is 0 Å². The lowest BCUT2D eigenvalue weighted by Crippen LogP contribution is -2.38. The van der Waals surface area contributed by atoms with Crippen molar-refractivity contribution in [2.45, 2.75) is 45.6 Å². The summed E-state index contributed by atoms with van der Waals surface area (Å²) in [5.41, 5.74) is 5.62. The summed E-state index contributed by atoms with van der Waals surface area (Å²) in [6.45, 7) is 9.23. The second-order valence-electron chi connectivity index (χ2n) is 8.82. The molecule has 1 aliphatic rings. The Morgan fingerprint density at radius 1 is 1.27 bits per heavy atom. The first-order valence-electron chi connectivity index (χ1n) is 10.3. The molecule has 160 valence electrons. The van der Waals surface area contributed by atoms with Crippen LogP contribution in [0.2, 0.25) is 0 Å². The lowest BCUT2D eigenvalue weighted by molar-refractivity contribution is 0.0953. The van der Waals surface area contributed by atoms with E-state index < -0.39 is 6.10 Å². The second kappa shape index (κ2) is 8.98. The van der Waals surface area contributed by atoms with Crippen molar-refractivity contribution in [3.8, 4) is 0 Å². The van der Waals surface area contributed by atoms with Gasteiger partial charge in [-0.2, -0.15) is 0 Å². The van der Waals surface area contributed by atoms with E-state index in [9.17, 15) is 9.90 Å². The molecule has 1 aromatic heterocycles. The van der Waals surface area contributed by atoms with Crippen LogP contribution in [0.3, 0.4) is 0 Å². The van der Waals surface area contributed by atoms with Crippen LogP contribution in [0.15, 0.2) is 42.6 Å². The highest BCUT2D eigenvalue weighted by atomic mass is 16.3. The largest absolute Gasteiger partial charge is 0.393 e. The van der Waals surface area contributed by atoms with E-state index in [0.29, 0.717) is 25.1 Å². The van der Waals surface area contributed by atoms with Crippen molar-refractivity contribution in [3.63, 3.8) is 0 Å². The molecular weight excluding hydrogens is 378 g/mol. The number of hydrogen-bond acceptors (Lipinski definition) is 4. The smallest absolute Gasteiger partial charge is 0.322 e. The van der Waals surface area contributed by atoms with E-state index in [4.69, 9.17) is 5.11 Å². The number of hydrogen-bond donors (Lipinski definition) is 3. The fraction of sp³-hybridized carbons (Fsp3) is 0.417. The SMILES string of the molecule is Cc1cc([C@H](O)CO)cnc1C1=CCN(C(=O)Nc2ccc(C(C)(C)C)cc2)CC1. The molecule has 1 aromatic carbocycles. The number of aliphatic hydroxyl groups is 2. The first-order valence-corrected chi connectivity index (χ1v) is 10.3. The predicted octanol–water partition coefficient (Wildman–Crippen LogP) is 4.03. The number of benzene rings is 1. The molecule has 2 aromatic rings. The number of nitrogens with one attached hydrogen (secondary N) is 1. The number of amides is 2. The van der Waals surface area contributed by atoms with Crippen molar-refractivity contribution >= 4 is 17.3 Å². The minimum atomic E-state index is -0.915. The summed E-state index contributed by atoms with van der Waals surface area (Å²) in [5, 5.41) is 21.8. The summed E-state index contributed by atoms with van der Waals surface area (Å²) < 4.78 is 0. The maximum absolute atomic E-state index is 12.6. The number of carbonyl (C=O) groups excluding carboxylic acids is 1. The van der Waals surface area contributed by atoms with Crippen LogP contribution in [0.5, 0.6) is 0 Å². The number of carbonyl (C=O) groups is 1. The van der Waals surface area contributed by atoms with Gasteiger partial charge in [0.2, 0.25) is 0 Å². The Kier molecular flexibility index (Phi) is 6.58. The van der Waals surface area contributed by atoms with Gasteiger partial charge in [0.1, 0.15) is 6.10 Å². The van der Waals surface area contributed by atoms with E-state index in [2.05, 4.69) is 43.2 Å². The molecule has 0 aliphatic carbocycles. The third kappa shape index (κ3) is 5.07. The summed E-state index contributed by atoms with van der Waals surface area (Å²) >= 11 is 0. The molecule has 0 radical (unpaired) electrons. The molecule has 6 nitrogen and oxygen atoms in total. The van der Waals surface area contributed by atoms with Crippen molar-refractivity contribution in [2.24, 2.45) is 0 Å². The number of nitrogens with zero attached hydrogens (tertiary/aromatic N) is 2. The zero-order valence-corrected chi connectivity index (χ0v) is 18.1. The molecule has 0 bridgehead atoms. The highest BCUT2D eigenvalue weighted by molar-refractivity contribution is 5.90. The van der Waals surface area contributed by atoms with E-state index >= 15 is 0 Å². The average Bonchev–Trinajstić information content (AvgIpc) is 2.73. The van der Waals surface area contributed by atoms with E-state index in [1.54, 1.807) is 11.1 Å². The summed E-state index contributed by atoms with van der Waals surface area (Å²) in [5.74, 6) is 0. The fourth-order valence-corrected chi connectivity index (χ4v) is 3.55. The van der Waals surface area contributed by atoms with Crippen LogP contribution >= 0.6 is 0 Å². The van der Waals surface area contributed by atoms with Gasteiger partial charge in [0.15, 0.2) is 0 Å². The fourth-order valence-electron chi connectivity index (χ4n) is 3.55. The first-order chi connectivity index (χ1) is 14.2. The van der Waals surface area contributed by atoms with Crippen LogP contribution in [0, 0.1) is 6.92 Å². The quantitative estimate of drug-likeness (QED) is 0.712. The Morgan fingerprint density at radius 3 is 2.50 bits per heavy atom. The van der Waals surface area contributed by atoms with E-state index in [1.165, 1.54) is 5.56 Å². The third-order valence-electron chi connectivity index (χ3n) is 5.46. The summed E-state index contributed by atoms with van der Waals surface area (Å²) in [4.78, 5) is 18.9. The molecule has 3 N–H and O–H groups in total. The highest BCUT2D eigenvalue weighted by Crippen LogP contribution is 2.26. The molecule has 0 unspecified atom stereocenters. The third-order valence-corrected chi connectivity index (χ3v) is 5.46. The van der Waals surface area contributed by atoms with Crippen molar-refractivity contribution in [2.75, 3.05) is 25.0 Å². The average molecular weight is 410 g/mol. The molecule has 30 heavy (non-hydrogen) atoms. The van der Waals surface area contributed by atoms with Crippen molar-refractivity contribution in [1.29, 1.82) is 0 Å². The van der Waals surface area contributed by atoms with Crippen LogP contribution in [0.1, 0.15) is 55.7 Å². The summed E-state index contributed by atoms with van der Waals surface area (Å²) in [7, 11) is 0.